The zero-order valence-electron chi connectivity index (χ0n) is 11.7. The number of hydrogen-bond donors (Lipinski definition) is 0. The van der Waals surface area contributed by atoms with Crippen molar-refractivity contribution in [1.29, 1.82) is 0 Å². The maximum atomic E-state index is 12.7. The van der Waals surface area contributed by atoms with Gasteiger partial charge in [0.15, 0.2) is 9.84 Å². The van der Waals surface area contributed by atoms with Gasteiger partial charge in [0.2, 0.25) is 0 Å². The van der Waals surface area contributed by atoms with Crippen molar-refractivity contribution < 1.29 is 17.9 Å². The molecule has 0 radical (unpaired) electrons. The minimum Gasteiger partial charge on any atom is -0.462 e. The minimum absolute atomic E-state index is 0.164. The molecule has 1 fully saturated rings. The molecule has 4 nitrogen and oxygen atoms in total. The van der Waals surface area contributed by atoms with E-state index in [0.717, 1.165) is 5.56 Å². The Hall–Kier alpha value is -1.01. The lowest BCUT2D eigenvalue weighted by molar-refractivity contribution is -0.140. The second-order valence-corrected chi connectivity index (χ2v) is 8.37. The van der Waals surface area contributed by atoms with E-state index in [-0.39, 0.29) is 24.4 Å². The predicted octanol–water partition coefficient (Wildman–Crippen LogP) is 2.41. The molecule has 0 amide bonds. The molecule has 1 saturated heterocycles. The van der Waals surface area contributed by atoms with Crippen molar-refractivity contribution in [2.45, 2.75) is 35.8 Å². The van der Waals surface area contributed by atoms with E-state index < -0.39 is 14.4 Å². The fourth-order valence-corrected chi connectivity index (χ4v) is 5.99. The number of carbonyl (C=O) groups is 1. The maximum Gasteiger partial charge on any atom is 0.306 e. The van der Waals surface area contributed by atoms with Gasteiger partial charge < -0.3 is 4.74 Å². The van der Waals surface area contributed by atoms with Crippen LogP contribution in [-0.2, 0) is 19.4 Å². The van der Waals surface area contributed by atoms with Gasteiger partial charge in [-0.1, -0.05) is 17.7 Å². The summed E-state index contributed by atoms with van der Waals surface area (Å²) in [6, 6.07) is 6.81. The molecule has 1 heterocycles. The summed E-state index contributed by atoms with van der Waals surface area (Å²) in [6.45, 7) is 3.66. The number of sulfone groups is 1. The van der Waals surface area contributed by atoms with Crippen LogP contribution >= 0.6 is 11.8 Å². The number of esters is 1. The van der Waals surface area contributed by atoms with Crippen LogP contribution in [0.25, 0.3) is 0 Å². The van der Waals surface area contributed by atoms with Gasteiger partial charge in [-0.05, 0) is 32.2 Å². The highest BCUT2D eigenvalue weighted by molar-refractivity contribution is 8.13. The zero-order valence-corrected chi connectivity index (χ0v) is 13.3. The molecular formula is C14H18O4S2. The van der Waals surface area contributed by atoms with Gasteiger partial charge in [-0.25, -0.2) is 8.42 Å². The van der Waals surface area contributed by atoms with Gasteiger partial charge in [-0.2, -0.15) is 0 Å². The van der Waals surface area contributed by atoms with E-state index in [1.165, 1.54) is 11.8 Å². The van der Waals surface area contributed by atoms with Crippen molar-refractivity contribution in [2.75, 3.05) is 6.26 Å². The Morgan fingerprint density at radius 2 is 1.90 bits per heavy atom. The van der Waals surface area contributed by atoms with E-state index >= 15 is 0 Å². The summed E-state index contributed by atoms with van der Waals surface area (Å²) in [5.41, 5.74) is 1.01. The Bertz CT molecular complexity index is 592. The number of benzene rings is 1. The fourth-order valence-electron chi connectivity index (χ4n) is 2.41. The summed E-state index contributed by atoms with van der Waals surface area (Å²) in [5, 5.41) is 0. The summed E-state index contributed by atoms with van der Waals surface area (Å²) in [4.78, 5) is 11.7. The quantitative estimate of drug-likeness (QED) is 0.799. The summed E-state index contributed by atoms with van der Waals surface area (Å²) in [7, 11) is -3.48. The molecule has 2 rings (SSSR count). The van der Waals surface area contributed by atoms with E-state index in [1.807, 2.05) is 6.92 Å². The molecule has 0 aromatic heterocycles. The summed E-state index contributed by atoms with van der Waals surface area (Å²) < 4.78 is 29.9. The Balaban J connectivity index is 2.35. The SMILES string of the molecule is CSC(C1CC(=O)OC1C)S(=O)(=O)c1ccc(C)cc1. The normalized spacial score (nSPS) is 24.4. The standard InChI is InChI=1S/C14H18O4S2/c1-9-4-6-11(7-5-9)20(16,17)14(19-3)12-8-13(15)18-10(12)2/h4-7,10,12,14H,8H2,1-3H3. The molecule has 0 saturated carbocycles. The maximum absolute atomic E-state index is 12.7. The highest BCUT2D eigenvalue weighted by Gasteiger charge is 2.43. The van der Waals surface area contributed by atoms with Crippen LogP contribution in [0.5, 0.6) is 0 Å². The van der Waals surface area contributed by atoms with Crippen LogP contribution in [0.2, 0.25) is 0 Å². The van der Waals surface area contributed by atoms with Gasteiger partial charge >= 0.3 is 5.97 Å². The molecule has 3 unspecified atom stereocenters. The third kappa shape index (κ3) is 2.86. The van der Waals surface area contributed by atoms with E-state index in [9.17, 15) is 13.2 Å². The second-order valence-electron chi connectivity index (χ2n) is 5.03. The van der Waals surface area contributed by atoms with Crippen molar-refractivity contribution in [3.05, 3.63) is 29.8 Å². The van der Waals surface area contributed by atoms with Crippen LogP contribution in [0.1, 0.15) is 18.9 Å². The molecule has 20 heavy (non-hydrogen) atoms. The second kappa shape index (κ2) is 5.77. The topological polar surface area (TPSA) is 60.4 Å². The Morgan fingerprint density at radius 3 is 2.35 bits per heavy atom. The van der Waals surface area contributed by atoms with E-state index in [4.69, 9.17) is 4.74 Å². The van der Waals surface area contributed by atoms with Gasteiger partial charge in [0, 0.05) is 5.92 Å². The van der Waals surface area contributed by atoms with Crippen LogP contribution in [0.15, 0.2) is 29.2 Å². The summed E-state index contributed by atoms with van der Waals surface area (Å²) >= 11 is 1.26. The van der Waals surface area contributed by atoms with Crippen molar-refractivity contribution in [3.63, 3.8) is 0 Å². The number of thioether (sulfide) groups is 1. The molecule has 0 bridgehead atoms. The van der Waals surface area contributed by atoms with E-state index in [0.29, 0.717) is 4.90 Å². The van der Waals surface area contributed by atoms with E-state index in [2.05, 4.69) is 0 Å². The molecule has 0 N–H and O–H groups in total. The van der Waals surface area contributed by atoms with Crippen LogP contribution < -0.4 is 0 Å². The van der Waals surface area contributed by atoms with Crippen molar-refractivity contribution in [2.24, 2.45) is 5.92 Å². The molecule has 6 heteroatoms. The van der Waals surface area contributed by atoms with Crippen LogP contribution in [-0.4, -0.2) is 31.3 Å². The molecule has 1 aromatic carbocycles. The van der Waals surface area contributed by atoms with Crippen molar-refractivity contribution in [1.82, 2.24) is 0 Å². The lowest BCUT2D eigenvalue weighted by Gasteiger charge is -2.23. The summed E-state index contributed by atoms with van der Waals surface area (Å²) in [5.74, 6) is -0.621. The van der Waals surface area contributed by atoms with E-state index in [1.54, 1.807) is 37.4 Å². The predicted molar refractivity (Wildman–Crippen MR) is 79.3 cm³/mol. The number of carbonyl (C=O) groups excluding carboxylic acids is 1. The Kier molecular flexibility index (Phi) is 4.44. The molecule has 1 aliphatic rings. The average Bonchev–Trinajstić information content (AvgIpc) is 2.69. The first-order valence-electron chi connectivity index (χ1n) is 6.39. The van der Waals surface area contributed by atoms with Gasteiger partial charge in [-0.15, -0.1) is 11.8 Å². The molecule has 1 aliphatic heterocycles. The Labute approximate surface area is 123 Å². The van der Waals surface area contributed by atoms with Crippen molar-refractivity contribution >= 4 is 27.6 Å². The molecular weight excluding hydrogens is 296 g/mol. The summed E-state index contributed by atoms with van der Waals surface area (Å²) in [6.07, 6.45) is 1.56. The average molecular weight is 314 g/mol. The monoisotopic (exact) mass is 314 g/mol. The van der Waals surface area contributed by atoms with Gasteiger partial charge in [0.25, 0.3) is 0 Å². The van der Waals surface area contributed by atoms with Crippen LogP contribution in [0.3, 0.4) is 0 Å². The van der Waals surface area contributed by atoms with Crippen molar-refractivity contribution in [3.8, 4) is 0 Å². The first kappa shape index (κ1) is 15.4. The molecule has 110 valence electrons. The minimum atomic E-state index is -3.48. The molecule has 0 aliphatic carbocycles. The number of ether oxygens (including phenoxy) is 1. The lowest BCUT2D eigenvalue weighted by Crippen LogP contribution is -2.31. The smallest absolute Gasteiger partial charge is 0.306 e. The van der Waals surface area contributed by atoms with Gasteiger partial charge in [-0.3, -0.25) is 4.79 Å². The largest absolute Gasteiger partial charge is 0.462 e. The third-order valence-corrected chi connectivity index (χ3v) is 7.60. The number of rotatable bonds is 4. The molecule has 1 aromatic rings. The molecule has 0 spiro atoms. The van der Waals surface area contributed by atoms with Crippen LogP contribution in [0, 0.1) is 12.8 Å². The first-order chi connectivity index (χ1) is 9.36. The molecule has 3 atom stereocenters. The highest BCUT2D eigenvalue weighted by atomic mass is 32.3. The van der Waals surface area contributed by atoms with Gasteiger partial charge in [0.05, 0.1) is 11.3 Å². The van der Waals surface area contributed by atoms with Crippen LogP contribution in [0.4, 0.5) is 0 Å². The lowest BCUT2D eigenvalue weighted by atomic mass is 10.1. The fraction of sp³-hybridized carbons (Fsp3) is 0.500. The number of aryl methyl sites for hydroxylation is 1. The number of hydrogen-bond acceptors (Lipinski definition) is 5. The Morgan fingerprint density at radius 1 is 1.30 bits per heavy atom. The van der Waals surface area contributed by atoms with Gasteiger partial charge in [0.1, 0.15) is 10.7 Å². The number of cyclic esters (lactones) is 1. The third-order valence-electron chi connectivity index (χ3n) is 3.56. The first-order valence-corrected chi connectivity index (χ1v) is 9.22. The highest BCUT2D eigenvalue weighted by Crippen LogP contribution is 2.37. The zero-order chi connectivity index (χ0) is 14.9.